The van der Waals surface area contributed by atoms with E-state index in [2.05, 4.69) is 32.9 Å². The average Bonchev–Trinajstić information content (AvgIpc) is 2.38. The lowest BCUT2D eigenvalue weighted by Crippen LogP contribution is -2.38. The maximum Gasteiger partial charge on any atom is 0.137 e. The summed E-state index contributed by atoms with van der Waals surface area (Å²) in [4.78, 5) is 12.3. The Hall–Kier alpha value is -1.31. The number of carbonyl (C=O) groups excluding carboxylic acids is 1. The zero-order chi connectivity index (χ0) is 14.0. The van der Waals surface area contributed by atoms with E-state index in [9.17, 15) is 4.79 Å². The summed E-state index contributed by atoms with van der Waals surface area (Å²) in [5.74, 6) is 2.00. The van der Waals surface area contributed by atoms with Gasteiger partial charge < -0.3 is 4.74 Å². The smallest absolute Gasteiger partial charge is 0.137 e. The first-order valence-corrected chi connectivity index (χ1v) is 7.12. The Morgan fingerprint density at radius 3 is 2.32 bits per heavy atom. The van der Waals surface area contributed by atoms with Crippen LogP contribution in [-0.4, -0.2) is 12.9 Å². The normalized spacial score (nSPS) is 24.3. The maximum atomic E-state index is 12.3. The fourth-order valence-electron chi connectivity index (χ4n) is 3.19. The molecule has 2 rings (SSSR count). The Bertz CT molecular complexity index is 445. The fourth-order valence-corrected chi connectivity index (χ4v) is 3.19. The molecule has 0 N–H and O–H groups in total. The highest BCUT2D eigenvalue weighted by Crippen LogP contribution is 2.40. The minimum atomic E-state index is -0.0938. The molecule has 0 heterocycles. The number of ether oxygens (including phenoxy) is 1. The van der Waals surface area contributed by atoms with Crippen LogP contribution in [0, 0.1) is 11.8 Å². The second kappa shape index (κ2) is 5.36. The molecular weight excluding hydrogens is 236 g/mol. The van der Waals surface area contributed by atoms with E-state index < -0.39 is 0 Å². The standard InChI is InChI=1S/C17H24O2/c1-12-5-10-15(16(18)11-12)17(2,3)13-6-8-14(19-4)9-7-13/h6-9,12,15H,5,10-11H2,1-4H3/t12-,15+/m1/s1. The van der Waals surface area contributed by atoms with Crippen LogP contribution in [-0.2, 0) is 10.2 Å². The molecule has 1 aliphatic carbocycles. The minimum absolute atomic E-state index is 0.0938. The van der Waals surface area contributed by atoms with Crippen molar-refractivity contribution in [3.63, 3.8) is 0 Å². The summed E-state index contributed by atoms with van der Waals surface area (Å²) in [5, 5.41) is 0. The Morgan fingerprint density at radius 2 is 1.79 bits per heavy atom. The van der Waals surface area contributed by atoms with Gasteiger partial charge in [-0.05, 0) is 41.9 Å². The quantitative estimate of drug-likeness (QED) is 0.821. The zero-order valence-corrected chi connectivity index (χ0v) is 12.4. The summed E-state index contributed by atoms with van der Waals surface area (Å²) in [6.45, 7) is 6.55. The number of ketones is 1. The molecule has 0 unspecified atom stereocenters. The molecule has 2 nitrogen and oxygen atoms in total. The Morgan fingerprint density at radius 1 is 1.16 bits per heavy atom. The molecule has 0 spiro atoms. The molecule has 0 saturated heterocycles. The van der Waals surface area contributed by atoms with Crippen molar-refractivity contribution in [3.05, 3.63) is 29.8 Å². The van der Waals surface area contributed by atoms with E-state index in [0.717, 1.165) is 25.0 Å². The van der Waals surface area contributed by atoms with Crippen LogP contribution >= 0.6 is 0 Å². The first kappa shape index (κ1) is 14.1. The predicted octanol–water partition coefficient (Wildman–Crippen LogP) is 3.98. The van der Waals surface area contributed by atoms with Crippen LogP contribution < -0.4 is 4.74 Å². The van der Waals surface area contributed by atoms with Gasteiger partial charge in [-0.2, -0.15) is 0 Å². The van der Waals surface area contributed by atoms with Crippen LogP contribution in [0.1, 0.15) is 45.6 Å². The molecule has 1 fully saturated rings. The zero-order valence-electron chi connectivity index (χ0n) is 12.4. The van der Waals surface area contributed by atoms with E-state index in [1.165, 1.54) is 5.56 Å². The highest BCUT2D eigenvalue weighted by atomic mass is 16.5. The molecular formula is C17H24O2. The van der Waals surface area contributed by atoms with Gasteiger partial charge in [0.25, 0.3) is 0 Å². The number of hydrogen-bond donors (Lipinski definition) is 0. The highest BCUT2D eigenvalue weighted by molar-refractivity contribution is 5.83. The maximum absolute atomic E-state index is 12.3. The molecule has 1 saturated carbocycles. The minimum Gasteiger partial charge on any atom is -0.497 e. The summed E-state index contributed by atoms with van der Waals surface area (Å²) >= 11 is 0. The van der Waals surface area contributed by atoms with Gasteiger partial charge in [0.2, 0.25) is 0 Å². The van der Waals surface area contributed by atoms with E-state index in [1.807, 2.05) is 12.1 Å². The SMILES string of the molecule is COc1ccc(C(C)(C)[C@H]2CC[C@@H](C)CC2=O)cc1. The average molecular weight is 260 g/mol. The first-order valence-electron chi connectivity index (χ1n) is 7.12. The van der Waals surface area contributed by atoms with Crippen LogP contribution in [0.4, 0.5) is 0 Å². The van der Waals surface area contributed by atoms with Gasteiger partial charge in [0.15, 0.2) is 0 Å². The Balaban J connectivity index is 2.22. The summed E-state index contributed by atoms with van der Waals surface area (Å²) in [7, 11) is 1.67. The molecule has 0 amide bonds. The van der Waals surface area contributed by atoms with E-state index in [1.54, 1.807) is 7.11 Å². The van der Waals surface area contributed by atoms with Crippen molar-refractivity contribution in [2.24, 2.45) is 11.8 Å². The molecule has 1 aromatic rings. The molecule has 2 heteroatoms. The monoisotopic (exact) mass is 260 g/mol. The van der Waals surface area contributed by atoms with Gasteiger partial charge in [0, 0.05) is 12.3 Å². The number of rotatable bonds is 3. The summed E-state index contributed by atoms with van der Waals surface area (Å²) < 4.78 is 5.20. The lowest BCUT2D eigenvalue weighted by atomic mass is 9.65. The van der Waals surface area contributed by atoms with Crippen molar-refractivity contribution in [1.82, 2.24) is 0 Å². The van der Waals surface area contributed by atoms with E-state index in [0.29, 0.717) is 11.7 Å². The van der Waals surface area contributed by atoms with Crippen LogP contribution in [0.2, 0.25) is 0 Å². The van der Waals surface area contributed by atoms with Crippen molar-refractivity contribution in [2.75, 3.05) is 7.11 Å². The fraction of sp³-hybridized carbons (Fsp3) is 0.588. The lowest BCUT2D eigenvalue weighted by molar-refractivity contribution is -0.128. The van der Waals surface area contributed by atoms with Crippen LogP contribution in [0.15, 0.2) is 24.3 Å². The number of methoxy groups -OCH3 is 1. The number of hydrogen-bond acceptors (Lipinski definition) is 2. The van der Waals surface area contributed by atoms with Crippen molar-refractivity contribution >= 4 is 5.78 Å². The molecule has 1 aliphatic rings. The van der Waals surface area contributed by atoms with E-state index >= 15 is 0 Å². The molecule has 104 valence electrons. The second-order valence-electron chi connectivity index (χ2n) is 6.36. The molecule has 2 atom stereocenters. The van der Waals surface area contributed by atoms with Gasteiger partial charge in [0.05, 0.1) is 7.11 Å². The van der Waals surface area contributed by atoms with Crippen LogP contribution in [0.25, 0.3) is 0 Å². The van der Waals surface area contributed by atoms with Crippen molar-refractivity contribution < 1.29 is 9.53 Å². The topological polar surface area (TPSA) is 26.3 Å². The van der Waals surface area contributed by atoms with Gasteiger partial charge in [-0.3, -0.25) is 4.79 Å². The third kappa shape index (κ3) is 2.83. The van der Waals surface area contributed by atoms with Crippen molar-refractivity contribution in [1.29, 1.82) is 0 Å². The van der Waals surface area contributed by atoms with Crippen molar-refractivity contribution in [2.45, 2.75) is 45.4 Å². The van der Waals surface area contributed by atoms with Gasteiger partial charge in [-0.25, -0.2) is 0 Å². The third-order valence-electron chi connectivity index (χ3n) is 4.59. The molecule has 19 heavy (non-hydrogen) atoms. The largest absolute Gasteiger partial charge is 0.497 e. The highest BCUT2D eigenvalue weighted by Gasteiger charge is 2.38. The molecule has 1 aromatic carbocycles. The Kier molecular flexibility index (Phi) is 3.98. The lowest BCUT2D eigenvalue weighted by Gasteiger charge is -2.38. The van der Waals surface area contributed by atoms with Crippen LogP contribution in [0.5, 0.6) is 5.75 Å². The molecule has 0 bridgehead atoms. The second-order valence-corrected chi connectivity index (χ2v) is 6.36. The summed E-state index contributed by atoms with van der Waals surface area (Å²) in [5.41, 5.74) is 1.13. The van der Waals surface area contributed by atoms with E-state index in [-0.39, 0.29) is 11.3 Å². The third-order valence-corrected chi connectivity index (χ3v) is 4.59. The first-order chi connectivity index (χ1) is 8.95. The van der Waals surface area contributed by atoms with Gasteiger partial charge in [0.1, 0.15) is 11.5 Å². The van der Waals surface area contributed by atoms with Gasteiger partial charge >= 0.3 is 0 Å². The summed E-state index contributed by atoms with van der Waals surface area (Å²) in [6, 6.07) is 8.13. The van der Waals surface area contributed by atoms with Crippen molar-refractivity contribution in [3.8, 4) is 5.75 Å². The van der Waals surface area contributed by atoms with Gasteiger partial charge in [-0.15, -0.1) is 0 Å². The molecule has 0 aromatic heterocycles. The molecule has 0 radical (unpaired) electrons. The van der Waals surface area contributed by atoms with Crippen LogP contribution in [0.3, 0.4) is 0 Å². The number of carbonyl (C=O) groups is 1. The van der Waals surface area contributed by atoms with Gasteiger partial charge in [-0.1, -0.05) is 32.9 Å². The predicted molar refractivity (Wildman–Crippen MR) is 77.5 cm³/mol. The number of Topliss-reactive ketones (excluding diaryl/α,β-unsaturated/α-hetero) is 1. The number of benzene rings is 1. The molecule has 0 aliphatic heterocycles. The summed E-state index contributed by atoms with van der Waals surface area (Å²) in [6.07, 6.45) is 2.92. The van der Waals surface area contributed by atoms with E-state index in [4.69, 9.17) is 4.74 Å². The Labute approximate surface area is 116 Å².